The molecule has 0 spiro atoms. The second kappa shape index (κ2) is 8.61. The summed E-state index contributed by atoms with van der Waals surface area (Å²) >= 11 is 0. The van der Waals surface area contributed by atoms with Crippen molar-refractivity contribution in [3.05, 3.63) is 0 Å². The Hall–Kier alpha value is -1.59. The normalized spacial score (nSPS) is 21.7. The Morgan fingerprint density at radius 3 is 1.81 bits per heavy atom. The van der Waals surface area contributed by atoms with Crippen molar-refractivity contribution in [2.75, 3.05) is 7.05 Å². The van der Waals surface area contributed by atoms with E-state index in [0.29, 0.717) is 19.3 Å². The molecule has 0 aromatic carbocycles. The molecule has 1 unspecified atom stereocenters. The first-order valence-electron chi connectivity index (χ1n) is 9.84. The van der Waals surface area contributed by atoms with Gasteiger partial charge in [-0.1, -0.05) is 13.8 Å². The highest BCUT2D eigenvalue weighted by molar-refractivity contribution is 5.87. The summed E-state index contributed by atoms with van der Waals surface area (Å²) in [6.07, 6.45) is 1.74. The third kappa shape index (κ3) is 7.15. The molecule has 1 fully saturated rings. The van der Waals surface area contributed by atoms with Crippen molar-refractivity contribution in [3.63, 3.8) is 0 Å². The zero-order chi connectivity index (χ0) is 21.2. The molecule has 0 saturated heterocycles. The number of hydrogen-bond donors (Lipinski definition) is 0. The highest BCUT2D eigenvalue weighted by Crippen LogP contribution is 2.34. The molecule has 1 saturated carbocycles. The number of likely N-dealkylation sites (N-methyl/N-ethyl adjacent to an activating group) is 1. The number of nitrogens with zero attached hydrogens (tertiary/aromatic N) is 1. The van der Waals surface area contributed by atoms with Gasteiger partial charge in [0.05, 0.1) is 5.92 Å². The first-order chi connectivity index (χ1) is 12.1. The summed E-state index contributed by atoms with van der Waals surface area (Å²) in [6.45, 7) is 14.7. The van der Waals surface area contributed by atoms with Crippen LogP contribution in [0.25, 0.3) is 0 Å². The second-order valence-corrected chi connectivity index (χ2v) is 9.91. The predicted octanol–water partition coefficient (Wildman–Crippen LogP) is 3.57. The Kier molecular flexibility index (Phi) is 7.48. The van der Waals surface area contributed by atoms with Crippen LogP contribution in [-0.4, -0.2) is 47.0 Å². The molecule has 27 heavy (non-hydrogen) atoms. The standard InChI is InChI=1S/C21H37NO5/c1-13(2)16(19(25)27-21(6,7)8)22(9)17(23)14-10-11-15(12-14)18(24)26-20(3,4)5/h13-16H,10-12H2,1-9H3/t14-,15?,16-/m0/s1. The topological polar surface area (TPSA) is 72.9 Å². The monoisotopic (exact) mass is 383 g/mol. The number of rotatable bonds is 5. The zero-order valence-corrected chi connectivity index (χ0v) is 18.4. The molecule has 0 aromatic heterocycles. The van der Waals surface area contributed by atoms with Gasteiger partial charge >= 0.3 is 11.9 Å². The van der Waals surface area contributed by atoms with Crippen molar-refractivity contribution in [1.29, 1.82) is 0 Å². The summed E-state index contributed by atoms with van der Waals surface area (Å²) < 4.78 is 11.0. The van der Waals surface area contributed by atoms with Crippen LogP contribution in [0.2, 0.25) is 0 Å². The Balaban J connectivity index is 2.79. The van der Waals surface area contributed by atoms with Crippen molar-refractivity contribution in [2.24, 2.45) is 17.8 Å². The molecule has 0 aromatic rings. The number of amides is 1. The molecule has 156 valence electrons. The molecule has 1 rings (SSSR count). The largest absolute Gasteiger partial charge is 0.460 e. The van der Waals surface area contributed by atoms with E-state index < -0.39 is 23.2 Å². The Morgan fingerprint density at radius 2 is 1.37 bits per heavy atom. The number of carbonyl (C=O) groups excluding carboxylic acids is 3. The molecule has 6 nitrogen and oxygen atoms in total. The third-order valence-corrected chi connectivity index (χ3v) is 4.57. The minimum atomic E-state index is -0.641. The van der Waals surface area contributed by atoms with Gasteiger partial charge in [0.25, 0.3) is 0 Å². The summed E-state index contributed by atoms with van der Waals surface area (Å²) in [5.74, 6) is -1.34. The van der Waals surface area contributed by atoms with E-state index >= 15 is 0 Å². The maximum absolute atomic E-state index is 13.0. The molecule has 0 radical (unpaired) electrons. The Labute approximate surface area is 164 Å². The van der Waals surface area contributed by atoms with E-state index in [4.69, 9.17) is 9.47 Å². The number of ether oxygens (including phenoxy) is 2. The fourth-order valence-electron chi connectivity index (χ4n) is 3.47. The van der Waals surface area contributed by atoms with Crippen LogP contribution in [-0.2, 0) is 23.9 Å². The molecule has 1 amide bonds. The van der Waals surface area contributed by atoms with E-state index in [1.807, 2.05) is 55.4 Å². The summed E-state index contributed by atoms with van der Waals surface area (Å²) in [6, 6.07) is -0.641. The lowest BCUT2D eigenvalue weighted by molar-refractivity contribution is -0.167. The number of esters is 2. The highest BCUT2D eigenvalue weighted by atomic mass is 16.6. The average Bonchev–Trinajstić information content (AvgIpc) is 2.91. The van der Waals surface area contributed by atoms with E-state index in [2.05, 4.69) is 0 Å². The van der Waals surface area contributed by atoms with Crippen LogP contribution in [0.1, 0.15) is 74.7 Å². The van der Waals surface area contributed by atoms with E-state index in [9.17, 15) is 14.4 Å². The van der Waals surface area contributed by atoms with Crippen LogP contribution in [0.5, 0.6) is 0 Å². The van der Waals surface area contributed by atoms with Gasteiger partial charge in [-0.3, -0.25) is 9.59 Å². The fraction of sp³-hybridized carbons (Fsp3) is 0.857. The van der Waals surface area contributed by atoms with Gasteiger partial charge in [-0.25, -0.2) is 4.79 Å². The third-order valence-electron chi connectivity index (χ3n) is 4.57. The molecular formula is C21H37NO5. The van der Waals surface area contributed by atoms with Crippen LogP contribution >= 0.6 is 0 Å². The highest BCUT2D eigenvalue weighted by Gasteiger charge is 2.41. The smallest absolute Gasteiger partial charge is 0.329 e. The maximum Gasteiger partial charge on any atom is 0.329 e. The lowest BCUT2D eigenvalue weighted by Crippen LogP contribution is -2.49. The van der Waals surface area contributed by atoms with Crippen LogP contribution in [0.15, 0.2) is 0 Å². The Morgan fingerprint density at radius 1 is 0.889 bits per heavy atom. The van der Waals surface area contributed by atoms with E-state index in [0.717, 1.165) is 0 Å². The molecule has 0 heterocycles. The molecular weight excluding hydrogens is 346 g/mol. The van der Waals surface area contributed by atoms with Crippen LogP contribution in [0.4, 0.5) is 0 Å². The van der Waals surface area contributed by atoms with Crippen molar-refractivity contribution in [1.82, 2.24) is 4.90 Å². The van der Waals surface area contributed by atoms with Gasteiger partial charge in [0.1, 0.15) is 17.2 Å². The van der Waals surface area contributed by atoms with Gasteiger partial charge in [-0.05, 0) is 66.7 Å². The first kappa shape index (κ1) is 23.4. The van der Waals surface area contributed by atoms with Gasteiger partial charge < -0.3 is 14.4 Å². The van der Waals surface area contributed by atoms with Gasteiger partial charge in [0.2, 0.25) is 5.91 Å². The van der Waals surface area contributed by atoms with Crippen molar-refractivity contribution >= 4 is 17.8 Å². The fourth-order valence-corrected chi connectivity index (χ4v) is 3.47. The van der Waals surface area contributed by atoms with Gasteiger partial charge in [-0.15, -0.1) is 0 Å². The van der Waals surface area contributed by atoms with Gasteiger partial charge in [-0.2, -0.15) is 0 Å². The minimum Gasteiger partial charge on any atom is -0.460 e. The average molecular weight is 384 g/mol. The van der Waals surface area contributed by atoms with E-state index in [-0.39, 0.29) is 29.6 Å². The summed E-state index contributed by atoms with van der Waals surface area (Å²) in [7, 11) is 1.65. The first-order valence-corrected chi connectivity index (χ1v) is 9.84. The molecule has 1 aliphatic carbocycles. The molecule has 1 aliphatic rings. The molecule has 0 bridgehead atoms. The summed E-state index contributed by atoms with van der Waals surface area (Å²) in [4.78, 5) is 39.4. The summed E-state index contributed by atoms with van der Waals surface area (Å²) in [5, 5.41) is 0. The molecule has 6 heteroatoms. The molecule has 0 N–H and O–H groups in total. The quantitative estimate of drug-likeness (QED) is 0.679. The lowest BCUT2D eigenvalue weighted by atomic mass is 9.98. The number of hydrogen-bond acceptors (Lipinski definition) is 5. The minimum absolute atomic E-state index is 0.0724. The van der Waals surface area contributed by atoms with Gasteiger partial charge in [0, 0.05) is 13.0 Å². The predicted molar refractivity (Wildman–Crippen MR) is 104 cm³/mol. The summed E-state index contributed by atoms with van der Waals surface area (Å²) in [5.41, 5.74) is -1.14. The SMILES string of the molecule is CC(C)[C@@H](C(=O)OC(C)(C)C)N(C)C(=O)[C@H]1CCC(C(=O)OC(C)(C)C)C1. The number of carbonyl (C=O) groups is 3. The van der Waals surface area contributed by atoms with Crippen molar-refractivity contribution in [3.8, 4) is 0 Å². The van der Waals surface area contributed by atoms with Crippen molar-refractivity contribution in [2.45, 2.75) is 91.9 Å². The zero-order valence-electron chi connectivity index (χ0n) is 18.4. The Bertz CT molecular complexity index is 556. The van der Waals surface area contributed by atoms with E-state index in [1.54, 1.807) is 7.05 Å². The second-order valence-electron chi connectivity index (χ2n) is 9.91. The van der Waals surface area contributed by atoms with Crippen molar-refractivity contribution < 1.29 is 23.9 Å². The van der Waals surface area contributed by atoms with Gasteiger partial charge in [0.15, 0.2) is 0 Å². The maximum atomic E-state index is 13.0. The van der Waals surface area contributed by atoms with E-state index in [1.165, 1.54) is 4.90 Å². The molecule has 3 atom stereocenters. The van der Waals surface area contributed by atoms with Crippen LogP contribution in [0.3, 0.4) is 0 Å². The lowest BCUT2D eigenvalue weighted by Gasteiger charge is -2.33. The van der Waals surface area contributed by atoms with Crippen LogP contribution in [0, 0.1) is 17.8 Å². The van der Waals surface area contributed by atoms with Crippen LogP contribution < -0.4 is 0 Å². The molecule has 0 aliphatic heterocycles.